The molecule has 1 N–H and O–H groups in total. The Bertz CT molecular complexity index is 1730. The van der Waals surface area contributed by atoms with Gasteiger partial charge in [0.1, 0.15) is 15.7 Å². The van der Waals surface area contributed by atoms with Gasteiger partial charge in [-0.2, -0.15) is 0 Å². The van der Waals surface area contributed by atoms with E-state index in [-0.39, 0.29) is 23.9 Å². The molecule has 3 aliphatic heterocycles. The molecule has 12 heteroatoms. The number of amides is 3. The van der Waals surface area contributed by atoms with E-state index >= 15 is 0 Å². The van der Waals surface area contributed by atoms with Crippen LogP contribution in [0.15, 0.2) is 52.9 Å². The quantitative estimate of drug-likeness (QED) is 0.346. The van der Waals surface area contributed by atoms with Gasteiger partial charge in [-0.3, -0.25) is 9.52 Å². The first kappa shape index (κ1) is 35.3. The number of carbonyl (C=O) groups excluding carboxylic acids is 2. The molecule has 270 valence electrons. The normalized spacial score (nSPS) is 29.9. The van der Waals surface area contributed by atoms with E-state index in [2.05, 4.69) is 38.3 Å². The first-order valence-corrected chi connectivity index (χ1v) is 20.2. The zero-order valence-corrected chi connectivity index (χ0v) is 30.6. The van der Waals surface area contributed by atoms with Crippen molar-refractivity contribution in [2.45, 2.75) is 83.1 Å². The topological polar surface area (TPSA) is 110 Å². The van der Waals surface area contributed by atoms with Crippen molar-refractivity contribution in [3.05, 3.63) is 70.3 Å². The third-order valence-electron chi connectivity index (χ3n) is 10.7. The molecule has 2 aromatic rings. The van der Waals surface area contributed by atoms with E-state index in [1.54, 1.807) is 18.1 Å². The fraction of sp³-hybridized carbons (Fsp3) is 0.579. The van der Waals surface area contributed by atoms with Crippen molar-refractivity contribution in [1.82, 2.24) is 9.62 Å². The van der Waals surface area contributed by atoms with Crippen LogP contribution in [0.1, 0.15) is 73.4 Å². The number of halogens is 1. The zero-order valence-electron chi connectivity index (χ0n) is 29.1. The Hall–Kier alpha value is -3.12. The maximum atomic E-state index is 14.5. The highest BCUT2D eigenvalue weighted by Gasteiger charge is 2.39. The van der Waals surface area contributed by atoms with Gasteiger partial charge in [0.25, 0.3) is 5.91 Å². The van der Waals surface area contributed by atoms with E-state index < -0.39 is 21.9 Å². The highest BCUT2D eigenvalue weighted by molar-refractivity contribution is 7.92. The van der Waals surface area contributed by atoms with Gasteiger partial charge in [0, 0.05) is 30.8 Å². The maximum Gasteiger partial charge on any atom is 0.330 e. The molecule has 0 spiro atoms. The minimum absolute atomic E-state index is 0.00910. The highest BCUT2D eigenvalue weighted by Crippen LogP contribution is 2.42. The Kier molecular flexibility index (Phi) is 10.8. The molecule has 7 rings (SSSR count). The SMILES string of the molecule is CO[C@H]1/C=C/C[C@H](C)CS(=O)(NC(=O)N2CC(OC3CC3)C2)=NC(=O)c2ccc3c(c2)N(Cc2ccc(Cl)cc2CCCCO3)C[C@@H]2CC[C@H]21. The molecule has 3 amide bonds. The molecular formula is C38H49ClN4O6S. The summed E-state index contributed by atoms with van der Waals surface area (Å²) >= 11 is 6.47. The van der Waals surface area contributed by atoms with Crippen LogP contribution < -0.4 is 14.4 Å². The van der Waals surface area contributed by atoms with E-state index in [1.165, 1.54) is 11.1 Å². The molecule has 3 fully saturated rings. The number of rotatable bonds is 4. The number of hydrogen-bond donors (Lipinski definition) is 1. The Morgan fingerprint density at radius 2 is 1.88 bits per heavy atom. The third-order valence-corrected chi connectivity index (χ3v) is 12.9. The Morgan fingerprint density at radius 3 is 2.64 bits per heavy atom. The number of allylic oxidation sites excluding steroid dienone is 1. The van der Waals surface area contributed by atoms with Crippen LogP contribution in [0.2, 0.25) is 5.02 Å². The van der Waals surface area contributed by atoms with Gasteiger partial charge in [0.15, 0.2) is 0 Å². The van der Waals surface area contributed by atoms with Gasteiger partial charge < -0.3 is 24.0 Å². The first-order valence-electron chi connectivity index (χ1n) is 18.2. The van der Waals surface area contributed by atoms with Crippen LogP contribution in [-0.4, -0.2) is 78.5 Å². The molecular weight excluding hydrogens is 676 g/mol. The predicted octanol–water partition coefficient (Wildman–Crippen LogP) is 6.79. The average molecular weight is 725 g/mol. The summed E-state index contributed by atoms with van der Waals surface area (Å²) in [6.07, 6.45) is 12.0. The molecule has 5 aliphatic rings. The van der Waals surface area contributed by atoms with E-state index in [0.29, 0.717) is 61.9 Å². The number of methoxy groups -OCH3 is 1. The van der Waals surface area contributed by atoms with Gasteiger partial charge in [-0.05, 0) is 111 Å². The summed E-state index contributed by atoms with van der Waals surface area (Å²) in [5, 5.41) is 0.720. The number of anilines is 1. The molecule has 2 aliphatic carbocycles. The van der Waals surface area contributed by atoms with E-state index in [4.69, 9.17) is 25.8 Å². The minimum Gasteiger partial charge on any atom is -0.491 e. The van der Waals surface area contributed by atoms with Crippen molar-refractivity contribution >= 4 is 39.1 Å². The number of carbonyl (C=O) groups is 2. The number of urea groups is 1. The molecule has 2 aromatic carbocycles. The number of likely N-dealkylation sites (tertiary alicyclic amines) is 1. The van der Waals surface area contributed by atoms with Crippen molar-refractivity contribution in [2.75, 3.05) is 44.0 Å². The number of hydrogen-bond acceptors (Lipinski definition) is 7. The molecule has 10 nitrogen and oxygen atoms in total. The van der Waals surface area contributed by atoms with Crippen LogP contribution in [0.3, 0.4) is 0 Å². The number of nitrogens with one attached hydrogen (secondary N) is 1. The number of nitrogens with zero attached hydrogens (tertiary/aromatic N) is 3. The van der Waals surface area contributed by atoms with Crippen LogP contribution in [0.5, 0.6) is 5.75 Å². The molecule has 1 unspecified atom stereocenters. The summed E-state index contributed by atoms with van der Waals surface area (Å²) in [6, 6.07) is 11.0. The maximum absolute atomic E-state index is 14.5. The molecule has 5 atom stereocenters. The van der Waals surface area contributed by atoms with Crippen LogP contribution in [0.25, 0.3) is 0 Å². The monoisotopic (exact) mass is 724 g/mol. The van der Waals surface area contributed by atoms with Gasteiger partial charge in [-0.25, -0.2) is 9.00 Å². The number of ether oxygens (including phenoxy) is 3. The molecule has 3 heterocycles. The van der Waals surface area contributed by atoms with Crippen molar-refractivity contribution in [2.24, 2.45) is 22.1 Å². The molecule has 2 bridgehead atoms. The van der Waals surface area contributed by atoms with Gasteiger partial charge in [0.2, 0.25) is 0 Å². The molecule has 2 saturated carbocycles. The van der Waals surface area contributed by atoms with Crippen LogP contribution >= 0.6 is 11.6 Å². The van der Waals surface area contributed by atoms with Gasteiger partial charge in [-0.1, -0.05) is 36.7 Å². The van der Waals surface area contributed by atoms with Crippen molar-refractivity contribution in [3.63, 3.8) is 0 Å². The second-order valence-corrected chi connectivity index (χ2v) is 17.2. The molecule has 0 aromatic heterocycles. The van der Waals surface area contributed by atoms with Crippen LogP contribution in [0, 0.1) is 17.8 Å². The standard InChI is InChI=1S/C38H49ClN4O6S/c1-25-6-5-8-35(47-2)33-15-10-29(33)21-42-20-28-9-12-30(39)18-26(28)7-3-4-17-48-36-16-11-27(19-34(36)42)37(44)40-50(46,24-25)41-38(45)43-22-32(23-43)49-31-13-14-31/h5,8-9,11-12,16,18-19,25,29,31-33,35H,3-4,6-7,10,13-15,17,20-24H2,1-2H3,(H,40,41,44,45,46)/b8-5+/t25-,29-,33+,35-,50?/m0/s1. The molecule has 0 radical (unpaired) electrons. The number of aryl methyl sites for hydroxylation is 1. The molecule has 50 heavy (non-hydrogen) atoms. The fourth-order valence-electron chi connectivity index (χ4n) is 7.54. The lowest BCUT2D eigenvalue weighted by atomic mass is 9.70. The van der Waals surface area contributed by atoms with Crippen molar-refractivity contribution in [3.8, 4) is 5.75 Å². The average Bonchev–Trinajstić information content (AvgIpc) is 3.87. The summed E-state index contributed by atoms with van der Waals surface area (Å²) in [5.41, 5.74) is 3.50. The third kappa shape index (κ3) is 8.33. The van der Waals surface area contributed by atoms with E-state index in [1.807, 2.05) is 25.1 Å². The van der Waals surface area contributed by atoms with E-state index in [0.717, 1.165) is 62.2 Å². The highest BCUT2D eigenvalue weighted by atomic mass is 35.5. The Balaban J connectivity index is 1.25. The van der Waals surface area contributed by atoms with Crippen molar-refractivity contribution in [1.29, 1.82) is 0 Å². The Morgan fingerprint density at radius 1 is 1.04 bits per heavy atom. The van der Waals surface area contributed by atoms with E-state index in [9.17, 15) is 13.8 Å². The lowest BCUT2D eigenvalue weighted by Gasteiger charge is -2.43. The van der Waals surface area contributed by atoms with Crippen LogP contribution in [-0.2, 0) is 32.4 Å². The van der Waals surface area contributed by atoms with Gasteiger partial charge in [0.05, 0.1) is 49.4 Å². The summed E-state index contributed by atoms with van der Waals surface area (Å²) in [4.78, 5) is 31.2. The summed E-state index contributed by atoms with van der Waals surface area (Å²) in [7, 11) is -1.72. The second-order valence-electron chi connectivity index (χ2n) is 14.7. The largest absolute Gasteiger partial charge is 0.491 e. The molecule has 1 saturated heterocycles. The summed E-state index contributed by atoms with van der Waals surface area (Å²) in [5.74, 6) is 0.687. The van der Waals surface area contributed by atoms with Crippen molar-refractivity contribution < 1.29 is 28.0 Å². The Labute approximate surface area is 301 Å². The van der Waals surface area contributed by atoms with Crippen LogP contribution in [0.4, 0.5) is 10.5 Å². The lowest BCUT2D eigenvalue weighted by molar-refractivity contribution is -0.0434. The van der Waals surface area contributed by atoms with Gasteiger partial charge >= 0.3 is 6.03 Å². The lowest BCUT2D eigenvalue weighted by Crippen LogP contribution is -2.58. The summed E-state index contributed by atoms with van der Waals surface area (Å²) in [6.45, 7) is 4.73. The second kappa shape index (κ2) is 15.2. The number of benzene rings is 2. The smallest absolute Gasteiger partial charge is 0.330 e. The minimum atomic E-state index is -3.48. The number of fused-ring (bicyclic) bond motifs is 3. The first-order chi connectivity index (χ1) is 24.2. The zero-order chi connectivity index (χ0) is 34.8. The predicted molar refractivity (Wildman–Crippen MR) is 195 cm³/mol. The van der Waals surface area contributed by atoms with Gasteiger partial charge in [-0.15, -0.1) is 4.36 Å². The fourth-order valence-corrected chi connectivity index (χ4v) is 9.62. The summed E-state index contributed by atoms with van der Waals surface area (Å²) < 4.78 is 39.8.